The minimum Gasteiger partial charge on any atom is -0.345 e. The highest BCUT2D eigenvalue weighted by Crippen LogP contribution is 2.28. The number of ketones is 1. The Kier molecular flexibility index (Phi) is 7.77. The van der Waals surface area contributed by atoms with Crippen LogP contribution in [0.5, 0.6) is 0 Å². The molecule has 0 saturated carbocycles. The van der Waals surface area contributed by atoms with Crippen LogP contribution in [-0.4, -0.2) is 38.2 Å². The van der Waals surface area contributed by atoms with Crippen LogP contribution in [0.3, 0.4) is 0 Å². The normalized spacial score (nSPS) is 11.7. The van der Waals surface area contributed by atoms with Crippen molar-refractivity contribution in [3.8, 4) is 17.1 Å². The molecule has 1 aromatic heterocycles. The molecule has 3 aromatic carbocycles. The van der Waals surface area contributed by atoms with Crippen molar-refractivity contribution in [3.63, 3.8) is 0 Å². The minimum absolute atomic E-state index is 0.0853. The summed E-state index contributed by atoms with van der Waals surface area (Å²) in [5.41, 5.74) is 2.73. The van der Waals surface area contributed by atoms with E-state index in [9.17, 15) is 9.59 Å². The van der Waals surface area contributed by atoms with Crippen molar-refractivity contribution in [1.29, 1.82) is 0 Å². The Morgan fingerprint density at radius 1 is 0.941 bits per heavy atom. The highest BCUT2D eigenvalue weighted by molar-refractivity contribution is 7.99. The van der Waals surface area contributed by atoms with E-state index in [1.165, 1.54) is 18.7 Å². The maximum Gasteiger partial charge on any atom is 0.231 e. The third kappa shape index (κ3) is 5.92. The molecule has 0 radical (unpaired) electrons. The first-order chi connectivity index (χ1) is 16.5. The van der Waals surface area contributed by atoms with Gasteiger partial charge in [0.05, 0.1) is 11.8 Å². The lowest BCUT2D eigenvalue weighted by atomic mass is 10.0. The van der Waals surface area contributed by atoms with E-state index in [0.717, 1.165) is 16.8 Å². The summed E-state index contributed by atoms with van der Waals surface area (Å²) in [6, 6.07) is 26.1. The molecule has 1 amide bonds. The van der Waals surface area contributed by atoms with E-state index in [4.69, 9.17) is 11.6 Å². The molecule has 1 atom stereocenters. The molecular formula is C26H23ClN4O2S. The van der Waals surface area contributed by atoms with Gasteiger partial charge in [0.25, 0.3) is 0 Å². The van der Waals surface area contributed by atoms with Gasteiger partial charge in [-0.05, 0) is 43.2 Å². The van der Waals surface area contributed by atoms with Crippen LogP contribution in [0.4, 0.5) is 0 Å². The maximum absolute atomic E-state index is 12.7. The fourth-order valence-electron chi connectivity index (χ4n) is 3.47. The van der Waals surface area contributed by atoms with Gasteiger partial charge in [-0.1, -0.05) is 84.0 Å². The monoisotopic (exact) mass is 490 g/mol. The molecule has 0 fully saturated rings. The lowest BCUT2D eigenvalue weighted by Gasteiger charge is -2.16. The van der Waals surface area contributed by atoms with Crippen molar-refractivity contribution >= 4 is 35.1 Å². The molecule has 0 spiro atoms. The molecule has 4 rings (SSSR count). The molecular weight excluding hydrogens is 468 g/mol. The molecule has 0 saturated heterocycles. The standard InChI is InChI=1S/C26H23ClN4O2S/c1-18(32)23(16-19-8-4-2-5-9-19)28-24(33)17-34-26-30-29-25(20-10-6-3-7-11-20)31(26)22-14-12-21(27)13-15-22/h2-15,23H,16-17H2,1H3,(H,28,33). The second-order valence-electron chi connectivity index (χ2n) is 7.69. The van der Waals surface area contributed by atoms with Crippen LogP contribution in [-0.2, 0) is 16.0 Å². The number of rotatable bonds is 9. The first-order valence-corrected chi connectivity index (χ1v) is 12.1. The van der Waals surface area contributed by atoms with Crippen molar-refractivity contribution in [1.82, 2.24) is 20.1 Å². The van der Waals surface area contributed by atoms with Crippen LogP contribution in [0.25, 0.3) is 17.1 Å². The van der Waals surface area contributed by atoms with Crippen molar-refractivity contribution in [2.75, 3.05) is 5.75 Å². The molecule has 1 N–H and O–H groups in total. The lowest BCUT2D eigenvalue weighted by molar-refractivity contribution is -0.125. The predicted octanol–water partition coefficient (Wildman–Crippen LogP) is 5.00. The summed E-state index contributed by atoms with van der Waals surface area (Å²) >= 11 is 7.34. The molecule has 4 aromatic rings. The van der Waals surface area contributed by atoms with Gasteiger partial charge in [-0.3, -0.25) is 14.2 Å². The highest BCUT2D eigenvalue weighted by atomic mass is 35.5. The summed E-state index contributed by atoms with van der Waals surface area (Å²) in [4.78, 5) is 24.9. The van der Waals surface area contributed by atoms with E-state index in [2.05, 4.69) is 15.5 Å². The molecule has 1 heterocycles. The average molecular weight is 491 g/mol. The van der Waals surface area contributed by atoms with E-state index in [1.54, 1.807) is 12.1 Å². The summed E-state index contributed by atoms with van der Waals surface area (Å²) in [6.07, 6.45) is 0.450. The smallest absolute Gasteiger partial charge is 0.231 e. The summed E-state index contributed by atoms with van der Waals surface area (Å²) in [5, 5.41) is 12.8. The fraction of sp³-hybridized carbons (Fsp3) is 0.154. The number of benzene rings is 3. The fourth-order valence-corrected chi connectivity index (χ4v) is 4.36. The number of carbonyl (C=O) groups excluding carboxylic acids is 2. The molecule has 0 aliphatic carbocycles. The number of carbonyl (C=O) groups is 2. The van der Waals surface area contributed by atoms with E-state index in [0.29, 0.717) is 22.4 Å². The number of Topliss-reactive ketones (excluding diaryl/α,β-unsaturated/α-hetero) is 1. The first kappa shape index (κ1) is 23.7. The van der Waals surface area contributed by atoms with Crippen molar-refractivity contribution in [2.24, 2.45) is 0 Å². The molecule has 0 aliphatic rings. The van der Waals surface area contributed by atoms with Crippen LogP contribution in [0.2, 0.25) is 5.02 Å². The van der Waals surface area contributed by atoms with E-state index in [-0.39, 0.29) is 17.4 Å². The topological polar surface area (TPSA) is 76.9 Å². The van der Waals surface area contributed by atoms with Crippen LogP contribution < -0.4 is 5.32 Å². The second-order valence-corrected chi connectivity index (χ2v) is 9.07. The zero-order valence-electron chi connectivity index (χ0n) is 18.5. The maximum atomic E-state index is 12.7. The average Bonchev–Trinajstić information content (AvgIpc) is 3.28. The van der Waals surface area contributed by atoms with Crippen molar-refractivity contribution in [2.45, 2.75) is 24.5 Å². The lowest BCUT2D eigenvalue weighted by Crippen LogP contribution is -2.42. The molecule has 6 nitrogen and oxygen atoms in total. The number of hydrogen-bond donors (Lipinski definition) is 1. The zero-order chi connectivity index (χ0) is 23.9. The summed E-state index contributed by atoms with van der Waals surface area (Å²) < 4.78 is 1.90. The number of aromatic nitrogens is 3. The third-order valence-electron chi connectivity index (χ3n) is 5.19. The molecule has 8 heteroatoms. The van der Waals surface area contributed by atoms with Gasteiger partial charge in [-0.25, -0.2) is 0 Å². The molecule has 34 heavy (non-hydrogen) atoms. The van der Waals surface area contributed by atoms with Gasteiger partial charge in [0.2, 0.25) is 5.91 Å². The van der Waals surface area contributed by atoms with Gasteiger partial charge in [0, 0.05) is 16.3 Å². The minimum atomic E-state index is -0.579. The predicted molar refractivity (Wildman–Crippen MR) is 135 cm³/mol. The number of nitrogens with zero attached hydrogens (tertiary/aromatic N) is 3. The Balaban J connectivity index is 1.52. The largest absolute Gasteiger partial charge is 0.345 e. The number of amides is 1. The van der Waals surface area contributed by atoms with Gasteiger partial charge in [0.15, 0.2) is 16.8 Å². The number of nitrogens with one attached hydrogen (secondary N) is 1. The Hall–Kier alpha value is -3.42. The molecule has 0 bridgehead atoms. The van der Waals surface area contributed by atoms with Crippen molar-refractivity contribution in [3.05, 3.63) is 95.5 Å². The SMILES string of the molecule is CC(=O)C(Cc1ccccc1)NC(=O)CSc1nnc(-c2ccccc2)n1-c1ccc(Cl)cc1. The Labute approximate surface area is 207 Å². The van der Waals surface area contributed by atoms with Crippen LogP contribution in [0.1, 0.15) is 12.5 Å². The van der Waals surface area contributed by atoms with E-state index >= 15 is 0 Å². The van der Waals surface area contributed by atoms with E-state index < -0.39 is 6.04 Å². The number of thioether (sulfide) groups is 1. The summed E-state index contributed by atoms with van der Waals surface area (Å²) in [6.45, 7) is 1.49. The van der Waals surface area contributed by atoms with Crippen LogP contribution in [0.15, 0.2) is 90.1 Å². The quantitative estimate of drug-likeness (QED) is 0.334. The summed E-state index contributed by atoms with van der Waals surface area (Å²) in [7, 11) is 0. The Bertz CT molecular complexity index is 1260. The summed E-state index contributed by atoms with van der Waals surface area (Å²) in [5.74, 6) is 0.432. The van der Waals surface area contributed by atoms with Gasteiger partial charge in [-0.2, -0.15) is 0 Å². The van der Waals surface area contributed by atoms with Crippen molar-refractivity contribution < 1.29 is 9.59 Å². The first-order valence-electron chi connectivity index (χ1n) is 10.7. The number of hydrogen-bond acceptors (Lipinski definition) is 5. The van der Waals surface area contributed by atoms with Gasteiger partial charge < -0.3 is 5.32 Å². The van der Waals surface area contributed by atoms with Crippen LogP contribution in [0, 0.1) is 0 Å². The molecule has 0 aliphatic heterocycles. The van der Waals surface area contributed by atoms with Gasteiger partial charge in [0.1, 0.15) is 0 Å². The van der Waals surface area contributed by atoms with Gasteiger partial charge >= 0.3 is 0 Å². The number of halogens is 1. The van der Waals surface area contributed by atoms with Gasteiger partial charge in [-0.15, -0.1) is 10.2 Å². The Morgan fingerprint density at radius 2 is 1.59 bits per heavy atom. The second kappa shape index (κ2) is 11.1. The highest BCUT2D eigenvalue weighted by Gasteiger charge is 2.20. The zero-order valence-corrected chi connectivity index (χ0v) is 20.1. The van der Waals surface area contributed by atoms with E-state index in [1.807, 2.05) is 77.4 Å². The molecule has 1 unspecified atom stereocenters. The van der Waals surface area contributed by atoms with Crippen LogP contribution >= 0.6 is 23.4 Å². The molecule has 172 valence electrons. The Morgan fingerprint density at radius 3 is 2.24 bits per heavy atom. The third-order valence-corrected chi connectivity index (χ3v) is 6.37.